The molecule has 0 spiro atoms. The fourth-order valence-corrected chi connectivity index (χ4v) is 7.21. The molecule has 0 saturated carbocycles. The number of benzene rings is 4. The summed E-state index contributed by atoms with van der Waals surface area (Å²) in [4.78, 5) is 15.8. The fourth-order valence-electron chi connectivity index (χ4n) is 7.21. The molecule has 0 aliphatic rings. The minimum absolute atomic E-state index is 0. The van der Waals surface area contributed by atoms with E-state index in [2.05, 4.69) is 220 Å². The molecule has 0 saturated heterocycles. The summed E-state index contributed by atoms with van der Waals surface area (Å²) in [5.41, 5.74) is 13.8. The van der Waals surface area contributed by atoms with Gasteiger partial charge in [-0.3, -0.25) is 0 Å². The first-order chi connectivity index (χ1) is 28.1. The Labute approximate surface area is 383 Å². The van der Waals surface area contributed by atoms with E-state index in [1.165, 1.54) is 43.7 Å². The smallest absolute Gasteiger partial charge is 0.753 e. The molecule has 317 valence electrons. The average Bonchev–Trinajstić information content (AvgIpc) is 3.72. The van der Waals surface area contributed by atoms with Gasteiger partial charge in [-0.05, 0) is 91.4 Å². The standard InChI is InChI=1S/C49H57N5.2CNS.Co/c1-46(2,3)34-24-32(25-35(28-34)47(4,5)6)30-53-42-22-15-13-18-38(42)51-44(53)40-20-17-21-41(50-40)45-52-39-19-14-16-23-43(39)54(45)31-33-26-36(48(7,8)9)29-37(27-33)49(10,11)12;2*2-1-3;/h13-29H,30-31H2,1-12H3;;;/q;2*-1;+2. The Morgan fingerprint density at radius 3 is 1.05 bits per heavy atom. The van der Waals surface area contributed by atoms with E-state index in [1.807, 2.05) is 0 Å². The monoisotopic (exact) mass is 890 g/mol. The van der Waals surface area contributed by atoms with Gasteiger partial charge >= 0.3 is 16.8 Å². The first kappa shape index (κ1) is 48.7. The fraction of sp³-hybridized carbons (Fsp3) is 0.353. The Balaban J connectivity index is 0.00000111. The van der Waals surface area contributed by atoms with Crippen LogP contribution in [0, 0.1) is 0 Å². The summed E-state index contributed by atoms with van der Waals surface area (Å²) in [6, 6.07) is 37.4. The Morgan fingerprint density at radius 2 is 0.754 bits per heavy atom. The molecule has 10 heteroatoms. The van der Waals surface area contributed by atoms with Crippen LogP contribution in [0.15, 0.2) is 103 Å². The zero-order valence-electron chi connectivity index (χ0n) is 37.5. The van der Waals surface area contributed by atoms with Gasteiger partial charge in [-0.1, -0.05) is 174 Å². The number of pyridine rings is 1. The van der Waals surface area contributed by atoms with Crippen LogP contribution < -0.4 is 0 Å². The van der Waals surface area contributed by atoms with Crippen molar-refractivity contribution >= 4 is 56.8 Å². The Hall–Kier alpha value is -4.92. The van der Waals surface area contributed by atoms with E-state index >= 15 is 0 Å². The Kier molecular flexibility index (Phi) is 15.5. The summed E-state index contributed by atoms with van der Waals surface area (Å²) >= 11 is 7.40. The van der Waals surface area contributed by atoms with Crippen molar-refractivity contribution in [2.75, 3.05) is 0 Å². The van der Waals surface area contributed by atoms with Crippen molar-refractivity contribution in [3.8, 4) is 23.0 Å². The number of fused-ring (bicyclic) bond motifs is 2. The third-order valence-corrected chi connectivity index (χ3v) is 10.6. The third kappa shape index (κ3) is 11.7. The first-order valence-corrected chi connectivity index (χ1v) is 21.1. The number of aromatic nitrogens is 5. The molecule has 61 heavy (non-hydrogen) atoms. The molecule has 7 rings (SSSR count). The number of hydrogen-bond donors (Lipinski definition) is 0. The van der Waals surface area contributed by atoms with E-state index in [0.29, 0.717) is 13.1 Å². The van der Waals surface area contributed by atoms with Gasteiger partial charge in [0.25, 0.3) is 0 Å². The number of isothiocyanates is 2. The predicted octanol–water partition coefficient (Wildman–Crippen LogP) is 13.7. The van der Waals surface area contributed by atoms with Gasteiger partial charge < -0.3 is 20.0 Å². The van der Waals surface area contributed by atoms with Crippen LogP contribution in [0.1, 0.15) is 116 Å². The van der Waals surface area contributed by atoms with Crippen LogP contribution in [0.3, 0.4) is 0 Å². The van der Waals surface area contributed by atoms with Gasteiger partial charge in [0.1, 0.15) is 11.4 Å². The van der Waals surface area contributed by atoms with Gasteiger partial charge in [-0.25, -0.2) is 15.0 Å². The number of imidazole rings is 2. The minimum atomic E-state index is 0. The molecule has 0 aliphatic carbocycles. The quantitative estimate of drug-likeness (QED) is 0.122. The van der Waals surface area contributed by atoms with E-state index in [-0.39, 0.29) is 38.4 Å². The zero-order chi connectivity index (χ0) is 44.2. The number of nitrogens with zero attached hydrogens (tertiary/aromatic N) is 7. The maximum absolute atomic E-state index is 7.13. The first-order valence-electron chi connectivity index (χ1n) is 20.3. The topological polar surface area (TPSA) is 93.1 Å². The van der Waals surface area contributed by atoms with Crippen LogP contribution in [0.2, 0.25) is 0 Å². The Bertz CT molecular complexity index is 2460. The molecule has 0 fully saturated rings. The van der Waals surface area contributed by atoms with Crippen molar-refractivity contribution in [3.63, 3.8) is 0 Å². The number of para-hydroxylation sites is 4. The number of thiocarbonyl (C=S) groups is 2. The van der Waals surface area contributed by atoms with Gasteiger partial charge in [0.2, 0.25) is 0 Å². The summed E-state index contributed by atoms with van der Waals surface area (Å²) in [7, 11) is 0. The van der Waals surface area contributed by atoms with E-state index in [9.17, 15) is 0 Å². The molecule has 3 heterocycles. The van der Waals surface area contributed by atoms with Crippen LogP contribution in [0.25, 0.3) is 55.9 Å². The summed E-state index contributed by atoms with van der Waals surface area (Å²) in [6.45, 7) is 28.9. The summed E-state index contributed by atoms with van der Waals surface area (Å²) in [6.07, 6.45) is 0. The SMILES string of the molecule is CC(C)(C)c1cc(Cn2c(-c3cccc(-c4nc5ccccc5n4Cc4cc(C(C)(C)C)cc(C(C)(C)C)c4)n3)nc3ccccc32)cc(C(C)(C)C)c1.[Co+2].[N-]=C=S.[N-]=C=S. The van der Waals surface area contributed by atoms with Crippen LogP contribution >= 0.6 is 24.4 Å². The van der Waals surface area contributed by atoms with Gasteiger partial charge in [0.05, 0.1) is 22.1 Å². The second-order valence-corrected chi connectivity index (χ2v) is 19.8. The molecule has 0 atom stereocenters. The van der Waals surface area contributed by atoms with Crippen LogP contribution in [0.5, 0.6) is 0 Å². The molecule has 1 radical (unpaired) electrons. The predicted molar refractivity (Wildman–Crippen MR) is 259 cm³/mol. The average molecular weight is 891 g/mol. The molecule has 0 bridgehead atoms. The third-order valence-electron chi connectivity index (χ3n) is 10.6. The molecule has 0 N–H and O–H groups in total. The van der Waals surface area contributed by atoms with Crippen molar-refractivity contribution in [3.05, 3.63) is 147 Å². The largest absolute Gasteiger partial charge is 2.00 e. The van der Waals surface area contributed by atoms with Crippen LogP contribution in [-0.4, -0.2) is 34.4 Å². The molecular formula is C51H57CoN7S2. The number of rotatable bonds is 6. The van der Waals surface area contributed by atoms with Gasteiger partial charge in [-0.2, -0.15) is 10.3 Å². The van der Waals surface area contributed by atoms with Gasteiger partial charge in [-0.15, -0.1) is 0 Å². The molecule has 7 aromatic rings. The summed E-state index contributed by atoms with van der Waals surface area (Å²) in [5.74, 6) is 1.71. The molecule has 0 unspecified atom stereocenters. The van der Waals surface area contributed by atoms with Gasteiger partial charge in [0, 0.05) is 13.1 Å². The zero-order valence-corrected chi connectivity index (χ0v) is 40.2. The molecule has 0 amide bonds. The van der Waals surface area contributed by atoms with Crippen molar-refractivity contribution in [1.82, 2.24) is 24.1 Å². The summed E-state index contributed by atoms with van der Waals surface area (Å²) < 4.78 is 4.68. The van der Waals surface area contributed by atoms with E-state index in [4.69, 9.17) is 25.8 Å². The molecule has 0 aliphatic heterocycles. The van der Waals surface area contributed by atoms with Crippen molar-refractivity contribution in [2.24, 2.45) is 0 Å². The van der Waals surface area contributed by atoms with Crippen molar-refractivity contribution < 1.29 is 16.8 Å². The molecule has 4 aromatic carbocycles. The molecule has 7 nitrogen and oxygen atoms in total. The Morgan fingerprint density at radius 1 is 0.459 bits per heavy atom. The van der Waals surface area contributed by atoms with E-state index < -0.39 is 0 Å². The minimum Gasteiger partial charge on any atom is -0.753 e. The van der Waals surface area contributed by atoms with E-state index in [1.54, 1.807) is 0 Å². The normalized spacial score (nSPS) is 11.7. The van der Waals surface area contributed by atoms with Gasteiger partial charge in [0.15, 0.2) is 11.6 Å². The molecular weight excluding hydrogens is 834 g/mol. The summed E-state index contributed by atoms with van der Waals surface area (Å²) in [5, 5.41) is 16.9. The maximum atomic E-state index is 7.13. The van der Waals surface area contributed by atoms with Crippen LogP contribution in [-0.2, 0) is 51.5 Å². The maximum Gasteiger partial charge on any atom is 2.00 e. The van der Waals surface area contributed by atoms with Crippen molar-refractivity contribution in [2.45, 2.75) is 118 Å². The van der Waals surface area contributed by atoms with Crippen LogP contribution in [0.4, 0.5) is 0 Å². The van der Waals surface area contributed by atoms with E-state index in [0.717, 1.165) is 45.1 Å². The second kappa shape index (κ2) is 19.4. The molecule has 3 aromatic heterocycles. The van der Waals surface area contributed by atoms with Crippen molar-refractivity contribution in [1.29, 1.82) is 0 Å². The second-order valence-electron chi connectivity index (χ2n) is 19.4. The number of hydrogen-bond acceptors (Lipinski definition) is 5.